The summed E-state index contributed by atoms with van der Waals surface area (Å²) < 4.78 is 23.3. The standard InChI is InChI=1S/C15H15BrN2O3S/c1-9-3-4-10(2)14(7-9)18-15(19)12-8-11(22(17,20)21)5-6-13(12)16/h3-8H,1-2H3,(H,18,19)(H2,17,20,21). The maximum absolute atomic E-state index is 12.4. The number of sulfonamides is 1. The molecule has 2 rings (SSSR count). The monoisotopic (exact) mass is 382 g/mol. The van der Waals surface area contributed by atoms with Gasteiger partial charge < -0.3 is 5.32 Å². The van der Waals surface area contributed by atoms with E-state index in [2.05, 4.69) is 21.2 Å². The second-order valence-electron chi connectivity index (χ2n) is 4.96. The molecule has 3 N–H and O–H groups in total. The van der Waals surface area contributed by atoms with E-state index in [1.54, 1.807) is 0 Å². The van der Waals surface area contributed by atoms with Crippen LogP contribution in [0, 0.1) is 13.8 Å². The molecule has 0 saturated heterocycles. The lowest BCUT2D eigenvalue weighted by Gasteiger charge is -2.11. The largest absolute Gasteiger partial charge is 0.322 e. The van der Waals surface area contributed by atoms with Gasteiger partial charge in [-0.3, -0.25) is 4.79 Å². The smallest absolute Gasteiger partial charge is 0.256 e. The molecule has 0 radical (unpaired) electrons. The molecule has 0 aromatic heterocycles. The number of carbonyl (C=O) groups excluding carboxylic acids is 1. The van der Waals surface area contributed by atoms with Gasteiger partial charge in [0.15, 0.2) is 0 Å². The van der Waals surface area contributed by atoms with E-state index >= 15 is 0 Å². The number of nitrogens with one attached hydrogen (secondary N) is 1. The first-order valence-electron chi connectivity index (χ1n) is 6.39. The molecular weight excluding hydrogens is 368 g/mol. The Balaban J connectivity index is 2.39. The van der Waals surface area contributed by atoms with Crippen molar-refractivity contribution in [1.82, 2.24) is 0 Å². The summed E-state index contributed by atoms with van der Waals surface area (Å²) in [5.41, 5.74) is 2.81. The van der Waals surface area contributed by atoms with Crippen molar-refractivity contribution >= 4 is 37.5 Å². The quantitative estimate of drug-likeness (QED) is 0.854. The van der Waals surface area contributed by atoms with Crippen molar-refractivity contribution in [3.05, 3.63) is 57.6 Å². The predicted octanol–water partition coefficient (Wildman–Crippen LogP) is 2.97. The zero-order valence-electron chi connectivity index (χ0n) is 12.1. The summed E-state index contributed by atoms with van der Waals surface area (Å²) in [5.74, 6) is -0.411. The summed E-state index contributed by atoms with van der Waals surface area (Å²) in [6, 6.07) is 9.78. The summed E-state index contributed by atoms with van der Waals surface area (Å²) in [6.07, 6.45) is 0. The number of amides is 1. The van der Waals surface area contributed by atoms with Crippen molar-refractivity contribution in [3.63, 3.8) is 0 Å². The highest BCUT2D eigenvalue weighted by molar-refractivity contribution is 9.10. The van der Waals surface area contributed by atoms with E-state index in [0.29, 0.717) is 10.2 Å². The third-order valence-electron chi connectivity index (χ3n) is 3.15. The lowest BCUT2D eigenvalue weighted by atomic mass is 10.1. The summed E-state index contributed by atoms with van der Waals surface area (Å²) in [4.78, 5) is 12.3. The van der Waals surface area contributed by atoms with Crippen LogP contribution < -0.4 is 10.5 Å². The Labute approximate surface area is 137 Å². The average molecular weight is 383 g/mol. The molecule has 22 heavy (non-hydrogen) atoms. The van der Waals surface area contributed by atoms with Gasteiger partial charge in [0.2, 0.25) is 10.0 Å². The fourth-order valence-corrected chi connectivity index (χ4v) is 2.88. The van der Waals surface area contributed by atoms with Crippen molar-refractivity contribution in [2.24, 2.45) is 5.14 Å². The van der Waals surface area contributed by atoms with Crippen molar-refractivity contribution in [1.29, 1.82) is 0 Å². The molecule has 0 bridgehead atoms. The van der Waals surface area contributed by atoms with Crippen LogP contribution in [0.5, 0.6) is 0 Å². The van der Waals surface area contributed by atoms with Crippen molar-refractivity contribution in [2.75, 3.05) is 5.32 Å². The number of benzene rings is 2. The van der Waals surface area contributed by atoms with E-state index < -0.39 is 15.9 Å². The number of anilines is 1. The Hall–Kier alpha value is -1.70. The Morgan fingerprint density at radius 2 is 1.82 bits per heavy atom. The summed E-state index contributed by atoms with van der Waals surface area (Å²) in [6.45, 7) is 3.80. The maximum atomic E-state index is 12.4. The molecule has 0 unspecified atom stereocenters. The number of hydrogen-bond donors (Lipinski definition) is 2. The number of carbonyl (C=O) groups is 1. The SMILES string of the molecule is Cc1ccc(C)c(NC(=O)c2cc(S(N)(=O)=O)ccc2Br)c1. The molecule has 116 valence electrons. The van der Waals surface area contributed by atoms with Crippen LogP contribution in [0.2, 0.25) is 0 Å². The van der Waals surface area contributed by atoms with Gasteiger partial charge in [0.1, 0.15) is 0 Å². The highest BCUT2D eigenvalue weighted by atomic mass is 79.9. The lowest BCUT2D eigenvalue weighted by molar-refractivity contribution is 0.102. The molecule has 0 fully saturated rings. The first-order chi connectivity index (χ1) is 10.2. The molecule has 1 amide bonds. The number of primary sulfonamides is 1. The van der Waals surface area contributed by atoms with E-state index in [1.165, 1.54) is 18.2 Å². The zero-order chi connectivity index (χ0) is 16.5. The second kappa shape index (κ2) is 6.20. The van der Waals surface area contributed by atoms with Crippen LogP contribution in [0.15, 0.2) is 45.8 Å². The highest BCUT2D eigenvalue weighted by Crippen LogP contribution is 2.23. The molecule has 0 aliphatic rings. The van der Waals surface area contributed by atoms with Crippen LogP contribution in [-0.4, -0.2) is 14.3 Å². The zero-order valence-corrected chi connectivity index (χ0v) is 14.5. The van der Waals surface area contributed by atoms with Gasteiger partial charge in [0, 0.05) is 10.2 Å². The molecule has 0 aliphatic heterocycles. The molecule has 0 saturated carbocycles. The molecule has 2 aromatic rings. The number of rotatable bonds is 3. The van der Waals surface area contributed by atoms with E-state index in [-0.39, 0.29) is 10.5 Å². The first-order valence-corrected chi connectivity index (χ1v) is 8.73. The van der Waals surface area contributed by atoms with Crippen molar-refractivity contribution in [3.8, 4) is 0 Å². The van der Waals surface area contributed by atoms with Gasteiger partial charge >= 0.3 is 0 Å². The van der Waals surface area contributed by atoms with Gasteiger partial charge in [-0.15, -0.1) is 0 Å². The third kappa shape index (κ3) is 3.73. The Kier molecular flexibility index (Phi) is 4.69. The number of halogens is 1. The predicted molar refractivity (Wildman–Crippen MR) is 89.4 cm³/mol. The van der Waals surface area contributed by atoms with Crippen molar-refractivity contribution in [2.45, 2.75) is 18.7 Å². The fourth-order valence-electron chi connectivity index (χ4n) is 1.92. The van der Waals surface area contributed by atoms with Crippen LogP contribution >= 0.6 is 15.9 Å². The second-order valence-corrected chi connectivity index (χ2v) is 7.37. The third-order valence-corrected chi connectivity index (χ3v) is 4.75. The van der Waals surface area contributed by atoms with Crippen LogP contribution in [0.3, 0.4) is 0 Å². The number of hydrogen-bond acceptors (Lipinski definition) is 3. The highest BCUT2D eigenvalue weighted by Gasteiger charge is 2.16. The Bertz CT molecular complexity index is 848. The molecule has 7 heteroatoms. The Morgan fingerprint density at radius 3 is 2.45 bits per heavy atom. The first kappa shape index (κ1) is 16.7. The minimum absolute atomic E-state index is 0.109. The molecule has 0 aliphatic carbocycles. The topological polar surface area (TPSA) is 89.3 Å². The molecule has 2 aromatic carbocycles. The van der Waals surface area contributed by atoms with E-state index in [9.17, 15) is 13.2 Å². The minimum atomic E-state index is -3.86. The number of aryl methyl sites for hydroxylation is 2. The summed E-state index contributed by atoms with van der Waals surface area (Å²) in [7, 11) is -3.86. The van der Waals surface area contributed by atoms with Crippen LogP contribution in [-0.2, 0) is 10.0 Å². The van der Waals surface area contributed by atoms with E-state index in [0.717, 1.165) is 11.1 Å². The van der Waals surface area contributed by atoms with Gasteiger partial charge in [0.25, 0.3) is 5.91 Å². The van der Waals surface area contributed by atoms with Crippen LogP contribution in [0.25, 0.3) is 0 Å². The van der Waals surface area contributed by atoms with E-state index in [1.807, 2.05) is 32.0 Å². The molecule has 5 nitrogen and oxygen atoms in total. The molecular formula is C15H15BrN2O3S. The molecule has 0 spiro atoms. The van der Waals surface area contributed by atoms with Gasteiger partial charge in [-0.05, 0) is 65.2 Å². The average Bonchev–Trinajstić information content (AvgIpc) is 2.42. The summed E-state index contributed by atoms with van der Waals surface area (Å²) >= 11 is 3.25. The Morgan fingerprint density at radius 1 is 1.14 bits per heavy atom. The van der Waals surface area contributed by atoms with Crippen molar-refractivity contribution < 1.29 is 13.2 Å². The van der Waals surface area contributed by atoms with Gasteiger partial charge in [0.05, 0.1) is 10.5 Å². The minimum Gasteiger partial charge on any atom is -0.322 e. The fraction of sp³-hybridized carbons (Fsp3) is 0.133. The number of nitrogens with two attached hydrogens (primary N) is 1. The molecule has 0 atom stereocenters. The van der Waals surface area contributed by atoms with Gasteiger partial charge in [-0.25, -0.2) is 13.6 Å². The normalized spacial score (nSPS) is 11.3. The van der Waals surface area contributed by atoms with Crippen LogP contribution in [0.1, 0.15) is 21.5 Å². The summed E-state index contributed by atoms with van der Waals surface area (Å²) in [5, 5.41) is 7.88. The van der Waals surface area contributed by atoms with Gasteiger partial charge in [-0.2, -0.15) is 0 Å². The van der Waals surface area contributed by atoms with Crippen LogP contribution in [0.4, 0.5) is 5.69 Å². The maximum Gasteiger partial charge on any atom is 0.256 e. The molecule has 0 heterocycles. The van der Waals surface area contributed by atoms with Gasteiger partial charge in [-0.1, -0.05) is 12.1 Å². The van der Waals surface area contributed by atoms with E-state index in [4.69, 9.17) is 5.14 Å². The lowest BCUT2D eigenvalue weighted by Crippen LogP contribution is -2.16.